The van der Waals surface area contributed by atoms with Crippen molar-refractivity contribution in [1.29, 1.82) is 0 Å². The van der Waals surface area contributed by atoms with Crippen LogP contribution in [0.5, 0.6) is 0 Å². The molecular formula is C25H35N3O4S. The van der Waals surface area contributed by atoms with Crippen molar-refractivity contribution in [3.63, 3.8) is 0 Å². The second kappa shape index (κ2) is 11.2. The van der Waals surface area contributed by atoms with Crippen LogP contribution in [0.2, 0.25) is 0 Å². The van der Waals surface area contributed by atoms with Gasteiger partial charge in [0, 0.05) is 25.2 Å². The van der Waals surface area contributed by atoms with Gasteiger partial charge in [-0.2, -0.15) is 4.31 Å². The van der Waals surface area contributed by atoms with E-state index in [4.69, 9.17) is 4.74 Å². The Morgan fingerprint density at radius 2 is 1.61 bits per heavy atom. The summed E-state index contributed by atoms with van der Waals surface area (Å²) in [6.45, 7) is 10.8. The van der Waals surface area contributed by atoms with Crippen molar-refractivity contribution in [2.45, 2.75) is 50.8 Å². The Bertz CT molecular complexity index is 998. The second-order valence-corrected chi connectivity index (χ2v) is 10.4. The molecule has 33 heavy (non-hydrogen) atoms. The molecule has 1 fully saturated rings. The minimum Gasteiger partial charge on any atom is -0.373 e. The van der Waals surface area contributed by atoms with E-state index in [2.05, 4.69) is 36.2 Å². The molecule has 0 radical (unpaired) electrons. The summed E-state index contributed by atoms with van der Waals surface area (Å²) in [6, 6.07) is 16.4. The Balaban J connectivity index is 1.69. The average Bonchev–Trinajstić information content (AvgIpc) is 2.81. The van der Waals surface area contributed by atoms with E-state index in [1.807, 2.05) is 32.0 Å². The third-order valence-electron chi connectivity index (χ3n) is 6.03. The number of nitrogens with zero attached hydrogens (tertiary/aromatic N) is 2. The minimum atomic E-state index is -3.64. The predicted molar refractivity (Wildman–Crippen MR) is 130 cm³/mol. The summed E-state index contributed by atoms with van der Waals surface area (Å²) in [5.41, 5.74) is 1.58. The molecule has 1 aliphatic heterocycles. The number of sulfonamides is 1. The van der Waals surface area contributed by atoms with Crippen molar-refractivity contribution in [2.75, 3.05) is 32.7 Å². The number of carbonyl (C=O) groups is 1. The number of benzene rings is 2. The van der Waals surface area contributed by atoms with Crippen LogP contribution in [0.3, 0.4) is 0 Å². The van der Waals surface area contributed by atoms with Gasteiger partial charge in [0.2, 0.25) is 10.0 Å². The molecule has 180 valence electrons. The van der Waals surface area contributed by atoms with Crippen LogP contribution in [0.1, 0.15) is 49.7 Å². The van der Waals surface area contributed by atoms with Crippen molar-refractivity contribution in [3.05, 3.63) is 65.7 Å². The van der Waals surface area contributed by atoms with Crippen LogP contribution in [0.4, 0.5) is 0 Å². The smallest absolute Gasteiger partial charge is 0.251 e. The molecule has 2 aromatic carbocycles. The number of likely N-dealkylation sites (N-methyl/N-ethyl adjacent to an activating group) is 1. The SMILES string of the molecule is CCN(CC)[C@H](CNC(=O)c1ccc(S(=O)(=O)N2C[C@@H](C)O[C@@H](C)C2)cc1)c1ccccc1. The van der Waals surface area contributed by atoms with Gasteiger partial charge in [-0.3, -0.25) is 9.69 Å². The monoisotopic (exact) mass is 473 g/mol. The topological polar surface area (TPSA) is 79.0 Å². The molecule has 3 rings (SSSR count). The lowest BCUT2D eigenvalue weighted by Crippen LogP contribution is -2.48. The van der Waals surface area contributed by atoms with Crippen LogP contribution < -0.4 is 5.32 Å². The van der Waals surface area contributed by atoms with Gasteiger partial charge in [-0.05, 0) is 56.8 Å². The first-order chi connectivity index (χ1) is 15.8. The number of hydrogen-bond donors (Lipinski definition) is 1. The van der Waals surface area contributed by atoms with Gasteiger partial charge >= 0.3 is 0 Å². The van der Waals surface area contributed by atoms with Gasteiger partial charge in [-0.25, -0.2) is 8.42 Å². The molecule has 2 aromatic rings. The zero-order chi connectivity index (χ0) is 24.0. The van der Waals surface area contributed by atoms with Crippen LogP contribution in [0.15, 0.2) is 59.5 Å². The van der Waals surface area contributed by atoms with Gasteiger partial charge in [-0.1, -0.05) is 44.2 Å². The molecule has 0 aromatic heterocycles. The Morgan fingerprint density at radius 1 is 1.03 bits per heavy atom. The molecule has 1 N–H and O–H groups in total. The molecule has 7 nitrogen and oxygen atoms in total. The van der Waals surface area contributed by atoms with Crippen molar-refractivity contribution in [1.82, 2.24) is 14.5 Å². The molecule has 0 saturated carbocycles. The highest BCUT2D eigenvalue weighted by atomic mass is 32.2. The van der Waals surface area contributed by atoms with Crippen molar-refractivity contribution < 1.29 is 17.9 Å². The maximum atomic E-state index is 13.0. The van der Waals surface area contributed by atoms with E-state index < -0.39 is 10.0 Å². The van der Waals surface area contributed by atoms with Gasteiger partial charge in [0.25, 0.3) is 5.91 Å². The molecule has 0 bridgehead atoms. The van der Waals surface area contributed by atoms with Crippen LogP contribution in [-0.4, -0.2) is 68.5 Å². The Labute approximate surface area is 197 Å². The van der Waals surface area contributed by atoms with Gasteiger partial charge in [0.15, 0.2) is 0 Å². The molecule has 0 aliphatic carbocycles. The second-order valence-electron chi connectivity index (χ2n) is 8.46. The van der Waals surface area contributed by atoms with Gasteiger partial charge in [0.1, 0.15) is 0 Å². The van der Waals surface area contributed by atoms with Crippen molar-refractivity contribution in [2.24, 2.45) is 0 Å². The van der Waals surface area contributed by atoms with Gasteiger partial charge in [0.05, 0.1) is 23.1 Å². The summed E-state index contributed by atoms with van der Waals surface area (Å²) in [7, 11) is -3.64. The molecule has 0 unspecified atom stereocenters. The van der Waals surface area contributed by atoms with E-state index in [1.165, 1.54) is 16.4 Å². The summed E-state index contributed by atoms with van der Waals surface area (Å²) in [4.78, 5) is 15.3. The molecule has 1 aliphatic rings. The van der Waals surface area contributed by atoms with Crippen molar-refractivity contribution in [3.8, 4) is 0 Å². The normalized spacial score (nSPS) is 20.5. The number of amides is 1. The Hall–Kier alpha value is -2.26. The number of morpholine rings is 1. The minimum absolute atomic E-state index is 0.0649. The fourth-order valence-electron chi connectivity index (χ4n) is 4.34. The van der Waals surface area contributed by atoms with Crippen LogP contribution in [0, 0.1) is 0 Å². The van der Waals surface area contributed by atoms with E-state index in [-0.39, 0.29) is 29.1 Å². The van der Waals surface area contributed by atoms with Crippen LogP contribution in [-0.2, 0) is 14.8 Å². The standard InChI is InChI=1S/C25H35N3O4S/c1-5-27(6-2)24(21-10-8-7-9-11-21)16-26-25(29)22-12-14-23(15-13-22)33(30,31)28-17-19(3)32-20(4)18-28/h7-15,19-20,24H,5-6,16-18H2,1-4H3,(H,26,29)/t19-,20+,24-/m1/s1. The van der Waals surface area contributed by atoms with Gasteiger partial charge in [-0.15, -0.1) is 0 Å². The van der Waals surface area contributed by atoms with E-state index in [0.29, 0.717) is 25.2 Å². The van der Waals surface area contributed by atoms with E-state index >= 15 is 0 Å². The van der Waals surface area contributed by atoms with E-state index in [0.717, 1.165) is 18.7 Å². The first-order valence-electron chi connectivity index (χ1n) is 11.6. The summed E-state index contributed by atoms with van der Waals surface area (Å²) in [5.74, 6) is -0.222. The zero-order valence-electron chi connectivity index (χ0n) is 19.9. The third kappa shape index (κ3) is 6.20. The van der Waals surface area contributed by atoms with Crippen LogP contribution >= 0.6 is 0 Å². The molecular weight excluding hydrogens is 438 g/mol. The van der Waals surface area contributed by atoms with Crippen molar-refractivity contribution >= 4 is 15.9 Å². The molecule has 1 amide bonds. The molecule has 1 saturated heterocycles. The molecule has 3 atom stereocenters. The average molecular weight is 474 g/mol. The highest BCUT2D eigenvalue weighted by molar-refractivity contribution is 7.89. The predicted octanol–water partition coefficient (Wildman–Crippen LogP) is 3.30. The Morgan fingerprint density at radius 3 is 2.15 bits per heavy atom. The number of hydrogen-bond acceptors (Lipinski definition) is 5. The lowest BCUT2D eigenvalue weighted by Gasteiger charge is -2.34. The molecule has 1 heterocycles. The highest BCUT2D eigenvalue weighted by Gasteiger charge is 2.32. The lowest BCUT2D eigenvalue weighted by molar-refractivity contribution is -0.0440. The number of carbonyl (C=O) groups excluding carboxylic acids is 1. The maximum Gasteiger partial charge on any atom is 0.251 e. The third-order valence-corrected chi connectivity index (χ3v) is 7.88. The number of rotatable bonds is 9. The van der Waals surface area contributed by atoms with E-state index in [1.54, 1.807) is 12.1 Å². The summed E-state index contributed by atoms with van der Waals surface area (Å²) < 4.78 is 33.2. The highest BCUT2D eigenvalue weighted by Crippen LogP contribution is 2.22. The maximum absolute atomic E-state index is 13.0. The number of nitrogens with one attached hydrogen (secondary N) is 1. The Kier molecular flexibility index (Phi) is 8.64. The van der Waals surface area contributed by atoms with Crippen LogP contribution in [0.25, 0.3) is 0 Å². The first-order valence-corrected chi connectivity index (χ1v) is 13.0. The zero-order valence-corrected chi connectivity index (χ0v) is 20.7. The summed E-state index contributed by atoms with van der Waals surface area (Å²) in [6.07, 6.45) is -0.311. The fourth-order valence-corrected chi connectivity index (χ4v) is 5.93. The summed E-state index contributed by atoms with van der Waals surface area (Å²) >= 11 is 0. The van der Waals surface area contributed by atoms with E-state index in [9.17, 15) is 13.2 Å². The fraction of sp³-hybridized carbons (Fsp3) is 0.480. The first kappa shape index (κ1) is 25.4. The lowest BCUT2D eigenvalue weighted by atomic mass is 10.0. The summed E-state index contributed by atoms with van der Waals surface area (Å²) in [5, 5.41) is 3.02. The largest absolute Gasteiger partial charge is 0.373 e. The molecule has 0 spiro atoms. The molecule has 8 heteroatoms. The quantitative estimate of drug-likeness (QED) is 0.605. The number of ether oxygens (including phenoxy) is 1. The van der Waals surface area contributed by atoms with Gasteiger partial charge < -0.3 is 10.1 Å².